The third-order valence-electron chi connectivity index (χ3n) is 6.81. The highest BCUT2D eigenvalue weighted by atomic mass is 19.4. The standard InChI is InChI=1S/C29H32F3N5O4/c1-4-21-14-20(7-8-22(21)26(40)6-5-12-41-13-11-38)15-24-28-34-16-25(36(28)10-9-33-24)23-17-37(18(2)19(3)39)35-27(23)29(30,31)32/h7-10,14,16-18,38-39H,3-6,11-13,15H2,1-2H3. The first-order valence-corrected chi connectivity index (χ1v) is 13.2. The van der Waals surface area contributed by atoms with Gasteiger partial charge in [-0.2, -0.15) is 18.3 Å². The number of carbonyl (C=O) groups excluding carboxylic acids is 1. The van der Waals surface area contributed by atoms with Gasteiger partial charge in [-0.1, -0.05) is 31.7 Å². The lowest BCUT2D eigenvalue weighted by atomic mass is 9.95. The third kappa shape index (κ3) is 6.66. The number of benzene rings is 1. The number of rotatable bonds is 13. The minimum atomic E-state index is -4.74. The molecule has 0 spiro atoms. The van der Waals surface area contributed by atoms with Crippen molar-refractivity contribution in [3.05, 3.63) is 83.4 Å². The van der Waals surface area contributed by atoms with Gasteiger partial charge in [-0.25, -0.2) is 4.98 Å². The number of alkyl halides is 3. The summed E-state index contributed by atoms with van der Waals surface area (Å²) >= 11 is 0. The number of carbonyl (C=O) groups is 1. The zero-order valence-corrected chi connectivity index (χ0v) is 22.9. The van der Waals surface area contributed by atoms with E-state index in [1.807, 2.05) is 19.1 Å². The number of hydrogen-bond acceptors (Lipinski definition) is 7. The fourth-order valence-corrected chi connectivity index (χ4v) is 4.59. The van der Waals surface area contributed by atoms with Crippen molar-refractivity contribution < 1.29 is 32.9 Å². The van der Waals surface area contributed by atoms with Crippen LogP contribution in [-0.4, -0.2) is 60.0 Å². The molecule has 0 radical (unpaired) electrons. The monoisotopic (exact) mass is 571 g/mol. The number of nitrogens with zero attached hydrogens (tertiary/aromatic N) is 5. The number of fused-ring (bicyclic) bond motifs is 1. The van der Waals surface area contributed by atoms with Crippen LogP contribution in [-0.2, 0) is 23.8 Å². The van der Waals surface area contributed by atoms with Crippen LogP contribution in [0.5, 0.6) is 0 Å². The van der Waals surface area contributed by atoms with Crippen LogP contribution in [0.4, 0.5) is 13.2 Å². The summed E-state index contributed by atoms with van der Waals surface area (Å²) in [5.74, 6) is -0.303. The van der Waals surface area contributed by atoms with Gasteiger partial charge >= 0.3 is 6.18 Å². The molecule has 41 heavy (non-hydrogen) atoms. The summed E-state index contributed by atoms with van der Waals surface area (Å²) in [5, 5.41) is 22.2. The highest BCUT2D eigenvalue weighted by Crippen LogP contribution is 2.37. The van der Waals surface area contributed by atoms with Gasteiger partial charge in [0.2, 0.25) is 0 Å². The number of Topliss-reactive ketones (excluding diaryl/α,β-unsaturated/α-hetero) is 1. The quantitative estimate of drug-likeness (QED) is 0.126. The van der Waals surface area contributed by atoms with Crippen molar-refractivity contribution in [2.75, 3.05) is 19.8 Å². The zero-order chi connectivity index (χ0) is 29.7. The van der Waals surface area contributed by atoms with Crippen LogP contribution in [0.1, 0.15) is 65.6 Å². The number of allylic oxidation sites excluding steroid dienone is 1. The van der Waals surface area contributed by atoms with Gasteiger partial charge in [0, 0.05) is 43.6 Å². The smallest absolute Gasteiger partial charge is 0.435 e. The molecule has 0 aliphatic rings. The van der Waals surface area contributed by atoms with Gasteiger partial charge < -0.3 is 14.9 Å². The van der Waals surface area contributed by atoms with E-state index in [1.54, 1.807) is 6.07 Å². The first kappa shape index (κ1) is 29.9. The first-order valence-electron chi connectivity index (χ1n) is 13.2. The van der Waals surface area contributed by atoms with E-state index in [0.717, 1.165) is 15.8 Å². The summed E-state index contributed by atoms with van der Waals surface area (Å²) in [7, 11) is 0. The Balaban J connectivity index is 1.62. The number of hydrogen-bond donors (Lipinski definition) is 2. The molecule has 0 fully saturated rings. The van der Waals surface area contributed by atoms with Gasteiger partial charge in [-0.15, -0.1) is 0 Å². The molecule has 0 aliphatic carbocycles. The number of ketones is 1. The summed E-state index contributed by atoms with van der Waals surface area (Å²) in [6.45, 7) is 7.44. The molecule has 3 aromatic heterocycles. The van der Waals surface area contributed by atoms with Gasteiger partial charge in [0.15, 0.2) is 17.1 Å². The second-order valence-corrected chi connectivity index (χ2v) is 9.63. The fraction of sp³-hybridized carbons (Fsp3) is 0.379. The Morgan fingerprint density at radius 2 is 2.00 bits per heavy atom. The number of aliphatic hydroxyl groups is 2. The van der Waals surface area contributed by atoms with Crippen LogP contribution in [0, 0.1) is 0 Å². The average Bonchev–Trinajstić information content (AvgIpc) is 3.57. The van der Waals surface area contributed by atoms with Crippen molar-refractivity contribution >= 4 is 11.4 Å². The van der Waals surface area contributed by atoms with Gasteiger partial charge in [-0.05, 0) is 30.9 Å². The van der Waals surface area contributed by atoms with E-state index in [2.05, 4.69) is 21.6 Å². The first-order chi connectivity index (χ1) is 19.5. The molecule has 2 N–H and O–H groups in total. The van der Waals surface area contributed by atoms with Crippen LogP contribution < -0.4 is 0 Å². The summed E-state index contributed by atoms with van der Waals surface area (Å²) in [6.07, 6.45) is 2.75. The van der Waals surface area contributed by atoms with Crippen LogP contribution in [0.2, 0.25) is 0 Å². The molecule has 218 valence electrons. The minimum absolute atomic E-state index is 0.0132. The Kier molecular flexibility index (Phi) is 9.24. The Morgan fingerprint density at radius 1 is 1.22 bits per heavy atom. The van der Waals surface area contributed by atoms with Gasteiger partial charge in [-0.3, -0.25) is 18.9 Å². The van der Waals surface area contributed by atoms with Gasteiger partial charge in [0.05, 0.1) is 36.4 Å². The molecular weight excluding hydrogens is 539 g/mol. The predicted molar refractivity (Wildman–Crippen MR) is 146 cm³/mol. The Bertz CT molecular complexity index is 1540. The SMILES string of the molecule is C=C(O)C(C)n1cc(-c2cnc3c(Cc4ccc(C(=O)CCCOCCO)c(CC)c4)nccn23)c(C(F)(F)F)n1. The Hall–Kier alpha value is -4.03. The van der Waals surface area contributed by atoms with E-state index < -0.39 is 17.9 Å². The molecule has 0 aliphatic heterocycles. The van der Waals surface area contributed by atoms with Crippen molar-refractivity contribution in [1.29, 1.82) is 0 Å². The predicted octanol–water partition coefficient (Wildman–Crippen LogP) is 5.37. The van der Waals surface area contributed by atoms with E-state index in [-0.39, 0.29) is 36.0 Å². The maximum Gasteiger partial charge on any atom is 0.435 e. The van der Waals surface area contributed by atoms with E-state index in [0.29, 0.717) is 49.2 Å². The van der Waals surface area contributed by atoms with Gasteiger partial charge in [0.25, 0.3) is 0 Å². The van der Waals surface area contributed by atoms with Crippen LogP contribution >= 0.6 is 0 Å². The Morgan fingerprint density at radius 3 is 2.68 bits per heavy atom. The second-order valence-electron chi connectivity index (χ2n) is 9.63. The van der Waals surface area contributed by atoms with Crippen LogP contribution in [0.25, 0.3) is 16.9 Å². The van der Waals surface area contributed by atoms with E-state index in [4.69, 9.17) is 9.84 Å². The maximum absolute atomic E-state index is 13.9. The molecule has 1 aromatic carbocycles. The highest BCUT2D eigenvalue weighted by molar-refractivity contribution is 5.97. The number of imidazole rings is 1. The topological polar surface area (TPSA) is 115 Å². The van der Waals surface area contributed by atoms with E-state index in [9.17, 15) is 23.1 Å². The summed E-state index contributed by atoms with van der Waals surface area (Å²) < 4.78 is 49.6. The molecule has 0 saturated carbocycles. The molecule has 12 heteroatoms. The second kappa shape index (κ2) is 12.6. The molecule has 1 atom stereocenters. The van der Waals surface area contributed by atoms with Crippen molar-refractivity contribution in [2.45, 2.75) is 51.7 Å². The van der Waals surface area contributed by atoms with Gasteiger partial charge in [0.1, 0.15) is 11.8 Å². The maximum atomic E-state index is 13.9. The van der Waals surface area contributed by atoms with Crippen molar-refractivity contribution in [3.8, 4) is 11.3 Å². The Labute approximate surface area is 234 Å². The molecule has 3 heterocycles. The summed E-state index contributed by atoms with van der Waals surface area (Å²) in [6, 6.07) is 4.73. The number of aliphatic hydroxyl groups excluding tert-OH is 2. The third-order valence-corrected chi connectivity index (χ3v) is 6.81. The number of aryl methyl sites for hydroxylation is 1. The molecule has 9 nitrogen and oxygen atoms in total. The molecule has 4 aromatic rings. The van der Waals surface area contributed by atoms with Crippen LogP contribution in [0.15, 0.2) is 55.3 Å². The van der Waals surface area contributed by atoms with Crippen molar-refractivity contribution in [3.63, 3.8) is 0 Å². The lowest BCUT2D eigenvalue weighted by Gasteiger charge is -2.11. The lowest BCUT2D eigenvalue weighted by molar-refractivity contribution is -0.141. The normalized spacial score (nSPS) is 12.6. The van der Waals surface area contributed by atoms with E-state index in [1.165, 1.54) is 36.1 Å². The number of aromatic nitrogens is 5. The summed E-state index contributed by atoms with van der Waals surface area (Å²) in [5.41, 5.74) is 2.26. The molecule has 4 rings (SSSR count). The highest BCUT2D eigenvalue weighted by Gasteiger charge is 2.39. The molecular formula is C29H32F3N5O4. The minimum Gasteiger partial charge on any atom is -0.511 e. The zero-order valence-electron chi connectivity index (χ0n) is 22.9. The molecule has 1 unspecified atom stereocenters. The van der Waals surface area contributed by atoms with E-state index >= 15 is 0 Å². The van der Waals surface area contributed by atoms with Crippen molar-refractivity contribution in [1.82, 2.24) is 24.1 Å². The molecule has 0 amide bonds. The molecule has 0 saturated heterocycles. The lowest BCUT2D eigenvalue weighted by Crippen LogP contribution is -2.12. The largest absolute Gasteiger partial charge is 0.511 e. The van der Waals surface area contributed by atoms with Crippen LogP contribution in [0.3, 0.4) is 0 Å². The number of halogens is 3. The fourth-order valence-electron chi connectivity index (χ4n) is 4.59. The summed E-state index contributed by atoms with van der Waals surface area (Å²) in [4.78, 5) is 21.6. The number of ether oxygens (including phenoxy) is 1. The molecule has 0 bridgehead atoms. The van der Waals surface area contributed by atoms with Crippen molar-refractivity contribution in [2.24, 2.45) is 0 Å². The average molecular weight is 572 g/mol.